The fraction of sp³-hybridized carbons (Fsp3) is 0.500. The van der Waals surface area contributed by atoms with E-state index in [1.165, 1.54) is 4.57 Å². The Labute approximate surface area is 190 Å². The molecule has 4 heterocycles. The van der Waals surface area contributed by atoms with E-state index in [2.05, 4.69) is 9.97 Å². The van der Waals surface area contributed by atoms with Crippen LogP contribution >= 0.6 is 0 Å². The number of aromatic nitrogens is 5. The minimum Gasteiger partial charge on any atom is -0.365 e. The Morgan fingerprint density at radius 3 is 2.39 bits per heavy atom. The minimum absolute atomic E-state index is 0.0509. The highest BCUT2D eigenvalue weighted by Gasteiger charge is 2.31. The Kier molecular flexibility index (Phi) is 5.83. The first kappa shape index (κ1) is 22.7. The number of anilines is 1. The van der Waals surface area contributed by atoms with Crippen LogP contribution in [0.3, 0.4) is 0 Å². The first-order chi connectivity index (χ1) is 15.6. The molecule has 3 aromatic heterocycles. The maximum Gasteiger partial charge on any atom is 0.331 e. The van der Waals surface area contributed by atoms with Crippen LogP contribution in [0.1, 0.15) is 47.3 Å². The summed E-state index contributed by atoms with van der Waals surface area (Å²) in [6.45, 7) is 7.11. The number of carbonyl (C=O) groups is 1. The zero-order valence-electron chi connectivity index (χ0n) is 19.5. The van der Waals surface area contributed by atoms with Crippen molar-refractivity contribution in [2.24, 2.45) is 18.5 Å². The molecule has 0 bridgehead atoms. The molecular weight excluding hydrogens is 424 g/mol. The van der Waals surface area contributed by atoms with Gasteiger partial charge in [0.2, 0.25) is 0 Å². The van der Waals surface area contributed by atoms with E-state index in [1.54, 1.807) is 11.6 Å². The summed E-state index contributed by atoms with van der Waals surface area (Å²) in [6, 6.07) is 1.77. The molecule has 0 radical (unpaired) electrons. The largest absolute Gasteiger partial charge is 0.365 e. The molecule has 11 nitrogen and oxygen atoms in total. The van der Waals surface area contributed by atoms with Crippen LogP contribution in [0.25, 0.3) is 11.0 Å². The van der Waals surface area contributed by atoms with Crippen molar-refractivity contribution in [3.05, 3.63) is 49.7 Å². The van der Waals surface area contributed by atoms with E-state index in [1.807, 2.05) is 31.7 Å². The lowest BCUT2D eigenvalue weighted by molar-refractivity contribution is 0.100. The standard InChI is InChI=1S/C22H30N8O3/c1-5-29-18-17(16(19(24)31)20(29)28-8-6-7-14(23)10-28)27(4)22(33)30(21(18)32)11-15-25-12(2)9-13(3)26-15/h9,14H,5-8,10-11,23H2,1-4H3,(H2,24,31)/t14-/m1/s1. The Morgan fingerprint density at radius 1 is 1.15 bits per heavy atom. The Balaban J connectivity index is 2.02. The smallest absolute Gasteiger partial charge is 0.331 e. The normalized spacial score (nSPS) is 16.5. The first-order valence-electron chi connectivity index (χ1n) is 11.1. The van der Waals surface area contributed by atoms with Crippen LogP contribution < -0.4 is 27.6 Å². The quantitative estimate of drug-likeness (QED) is 0.551. The highest BCUT2D eigenvalue weighted by molar-refractivity contribution is 6.10. The van der Waals surface area contributed by atoms with Gasteiger partial charge in [0.25, 0.3) is 11.5 Å². The fourth-order valence-corrected chi connectivity index (χ4v) is 4.84. The van der Waals surface area contributed by atoms with Crippen LogP contribution in [-0.2, 0) is 20.1 Å². The van der Waals surface area contributed by atoms with Gasteiger partial charge in [-0.1, -0.05) is 0 Å². The number of hydrogen-bond donors (Lipinski definition) is 2. The predicted octanol–water partition coefficient (Wildman–Crippen LogP) is 0.00314. The molecule has 1 atom stereocenters. The molecule has 0 aliphatic carbocycles. The number of hydrogen-bond acceptors (Lipinski definition) is 7. The Hall–Kier alpha value is -3.47. The molecule has 0 spiro atoms. The molecule has 1 amide bonds. The number of fused-ring (bicyclic) bond motifs is 1. The maximum atomic E-state index is 13.7. The molecule has 0 unspecified atom stereocenters. The van der Waals surface area contributed by atoms with Gasteiger partial charge in [-0.2, -0.15) is 0 Å². The van der Waals surface area contributed by atoms with Crippen LogP contribution in [0.15, 0.2) is 15.7 Å². The third kappa shape index (κ3) is 3.82. The number of piperidine rings is 1. The predicted molar refractivity (Wildman–Crippen MR) is 126 cm³/mol. The van der Waals surface area contributed by atoms with E-state index in [0.717, 1.165) is 28.8 Å². The molecule has 176 valence electrons. The van der Waals surface area contributed by atoms with Gasteiger partial charge in [-0.25, -0.2) is 14.8 Å². The van der Waals surface area contributed by atoms with Gasteiger partial charge < -0.3 is 20.9 Å². The number of carbonyl (C=O) groups excluding carboxylic acids is 1. The Morgan fingerprint density at radius 2 is 1.82 bits per heavy atom. The lowest BCUT2D eigenvalue weighted by Gasteiger charge is -2.33. The monoisotopic (exact) mass is 454 g/mol. The zero-order chi connectivity index (χ0) is 24.0. The summed E-state index contributed by atoms with van der Waals surface area (Å²) >= 11 is 0. The van der Waals surface area contributed by atoms with Crippen molar-refractivity contribution in [1.29, 1.82) is 0 Å². The lowest BCUT2D eigenvalue weighted by atomic mass is 10.1. The Bertz CT molecular complexity index is 1350. The van der Waals surface area contributed by atoms with Crippen molar-refractivity contribution >= 4 is 22.8 Å². The van der Waals surface area contributed by atoms with Crippen LogP contribution in [0, 0.1) is 13.8 Å². The van der Waals surface area contributed by atoms with Crippen LogP contribution in [0.4, 0.5) is 5.82 Å². The second-order valence-electron chi connectivity index (χ2n) is 8.65. The first-order valence-corrected chi connectivity index (χ1v) is 11.1. The number of amides is 1. The molecular formula is C22H30N8O3. The van der Waals surface area contributed by atoms with Crippen molar-refractivity contribution in [2.45, 2.75) is 52.7 Å². The average Bonchev–Trinajstić information content (AvgIpc) is 3.10. The van der Waals surface area contributed by atoms with E-state index in [9.17, 15) is 14.4 Å². The SMILES string of the molecule is CCn1c(N2CCC[C@@H](N)C2)c(C(N)=O)c2c1c(=O)n(Cc1nc(C)cc(C)n1)c(=O)n2C. The van der Waals surface area contributed by atoms with E-state index in [0.29, 0.717) is 31.3 Å². The number of rotatable bonds is 5. The highest BCUT2D eigenvalue weighted by atomic mass is 16.2. The van der Waals surface area contributed by atoms with Gasteiger partial charge in [-0.15, -0.1) is 0 Å². The number of primary amides is 1. The lowest BCUT2D eigenvalue weighted by Crippen LogP contribution is -2.44. The van der Waals surface area contributed by atoms with Gasteiger partial charge in [0.1, 0.15) is 22.7 Å². The molecule has 33 heavy (non-hydrogen) atoms. The second-order valence-corrected chi connectivity index (χ2v) is 8.65. The summed E-state index contributed by atoms with van der Waals surface area (Å²) in [5, 5.41) is 0. The summed E-state index contributed by atoms with van der Waals surface area (Å²) in [4.78, 5) is 50.3. The van der Waals surface area contributed by atoms with Gasteiger partial charge in [0.15, 0.2) is 0 Å². The summed E-state index contributed by atoms with van der Waals surface area (Å²) in [5.74, 6) is 0.229. The average molecular weight is 455 g/mol. The van der Waals surface area contributed by atoms with E-state index < -0.39 is 17.2 Å². The molecule has 1 aliphatic rings. The van der Waals surface area contributed by atoms with Crippen molar-refractivity contribution in [2.75, 3.05) is 18.0 Å². The van der Waals surface area contributed by atoms with E-state index >= 15 is 0 Å². The van der Waals surface area contributed by atoms with Crippen LogP contribution in [0.2, 0.25) is 0 Å². The number of nitrogens with two attached hydrogens (primary N) is 2. The molecule has 4 rings (SSSR count). The fourth-order valence-electron chi connectivity index (χ4n) is 4.84. The molecule has 0 aromatic carbocycles. The molecule has 1 saturated heterocycles. The molecule has 4 N–H and O–H groups in total. The van der Waals surface area contributed by atoms with E-state index in [4.69, 9.17) is 11.5 Å². The minimum atomic E-state index is -0.689. The van der Waals surface area contributed by atoms with E-state index in [-0.39, 0.29) is 29.2 Å². The van der Waals surface area contributed by atoms with Gasteiger partial charge >= 0.3 is 5.69 Å². The van der Waals surface area contributed by atoms with Crippen LogP contribution in [-0.4, -0.2) is 48.7 Å². The van der Waals surface area contributed by atoms with Crippen molar-refractivity contribution in [1.82, 2.24) is 23.7 Å². The summed E-state index contributed by atoms with van der Waals surface area (Å²) in [6.07, 6.45) is 1.74. The van der Waals surface area contributed by atoms with Gasteiger partial charge in [0, 0.05) is 44.1 Å². The molecule has 1 aliphatic heterocycles. The molecule has 11 heteroatoms. The van der Waals surface area contributed by atoms with Gasteiger partial charge in [0.05, 0.1) is 12.1 Å². The number of aryl methyl sites for hydroxylation is 4. The number of nitrogens with zero attached hydrogens (tertiary/aromatic N) is 6. The highest BCUT2D eigenvalue weighted by Crippen LogP contribution is 2.32. The van der Waals surface area contributed by atoms with Crippen LogP contribution in [0.5, 0.6) is 0 Å². The summed E-state index contributed by atoms with van der Waals surface area (Å²) < 4.78 is 4.20. The third-order valence-corrected chi connectivity index (χ3v) is 6.16. The third-order valence-electron chi connectivity index (χ3n) is 6.16. The van der Waals surface area contributed by atoms with Crippen molar-refractivity contribution in [3.8, 4) is 0 Å². The maximum absolute atomic E-state index is 13.7. The molecule has 1 fully saturated rings. The summed E-state index contributed by atoms with van der Waals surface area (Å²) in [7, 11) is 1.54. The topological polar surface area (TPSA) is 147 Å². The second kappa shape index (κ2) is 8.47. The summed E-state index contributed by atoms with van der Waals surface area (Å²) in [5.41, 5.74) is 13.1. The zero-order valence-corrected chi connectivity index (χ0v) is 19.5. The molecule has 3 aromatic rings. The van der Waals surface area contributed by atoms with Crippen molar-refractivity contribution < 1.29 is 4.79 Å². The van der Waals surface area contributed by atoms with Crippen molar-refractivity contribution in [3.63, 3.8) is 0 Å². The van der Waals surface area contributed by atoms with Gasteiger partial charge in [-0.05, 0) is 39.7 Å². The molecule has 0 saturated carbocycles. The van der Waals surface area contributed by atoms with Gasteiger partial charge in [-0.3, -0.25) is 18.7 Å².